The van der Waals surface area contributed by atoms with Gasteiger partial charge in [0.25, 0.3) is 15.7 Å². The molecule has 0 aliphatic carbocycles. The minimum absolute atomic E-state index is 0.0684. The molecular weight excluding hydrogens is 555 g/mol. The highest BCUT2D eigenvalue weighted by atomic mass is 32.2. The van der Waals surface area contributed by atoms with Gasteiger partial charge in [-0.1, -0.05) is 24.3 Å². The minimum atomic E-state index is -4.55. The summed E-state index contributed by atoms with van der Waals surface area (Å²) in [6.45, 7) is 3.82. The van der Waals surface area contributed by atoms with E-state index in [1.807, 2.05) is 0 Å². The normalized spacial score (nSPS) is 11.8. The first-order chi connectivity index (χ1) is 19.4. The van der Waals surface area contributed by atoms with Crippen LogP contribution in [-0.4, -0.2) is 56.3 Å². The van der Waals surface area contributed by atoms with Crippen molar-refractivity contribution < 1.29 is 32.1 Å². The highest BCUT2D eigenvalue weighted by molar-refractivity contribution is 7.92. The van der Waals surface area contributed by atoms with Crippen molar-refractivity contribution in [2.75, 3.05) is 24.5 Å². The summed E-state index contributed by atoms with van der Waals surface area (Å²) in [6.07, 6.45) is 0. The van der Waals surface area contributed by atoms with E-state index in [0.29, 0.717) is 5.75 Å². The molecule has 0 saturated heterocycles. The molecule has 0 spiro atoms. The molecule has 1 atom stereocenters. The van der Waals surface area contributed by atoms with Crippen LogP contribution in [0.5, 0.6) is 5.75 Å². The minimum Gasteiger partial charge on any atom is -0.497 e. The quantitative estimate of drug-likeness (QED) is 0.252. The molecule has 1 unspecified atom stereocenters. The number of nitro benzene ring substituents is 1. The van der Waals surface area contributed by atoms with E-state index in [9.17, 15) is 32.5 Å². The Kier molecular flexibility index (Phi) is 10.0. The van der Waals surface area contributed by atoms with Crippen LogP contribution in [0.25, 0.3) is 0 Å². The number of aryl methyl sites for hydroxylation is 1. The van der Waals surface area contributed by atoms with Gasteiger partial charge in [0.1, 0.15) is 24.2 Å². The smallest absolute Gasteiger partial charge is 0.273 e. The standard InChI is InChI=1S/C28H31FN4O7S/c1-5-30-28(35)20(3)31(17-21-8-6-7-9-25(21)29)27(34)18-32(22-11-13-23(40-4)14-12-22)41(38,39)24-15-10-19(2)26(16-24)33(36)37/h6-16,20H,5,17-18H2,1-4H3,(H,30,35). The number of nitrogens with zero attached hydrogens (tertiary/aromatic N) is 3. The number of amides is 2. The molecule has 1 N–H and O–H groups in total. The van der Waals surface area contributed by atoms with Crippen molar-refractivity contribution >= 4 is 33.2 Å². The van der Waals surface area contributed by atoms with Crippen molar-refractivity contribution in [3.63, 3.8) is 0 Å². The lowest BCUT2D eigenvalue weighted by Crippen LogP contribution is -2.51. The van der Waals surface area contributed by atoms with Gasteiger partial charge in [0, 0.05) is 30.3 Å². The number of hydrogen-bond acceptors (Lipinski definition) is 7. The number of methoxy groups -OCH3 is 1. The van der Waals surface area contributed by atoms with Crippen LogP contribution < -0.4 is 14.4 Å². The Bertz CT molecular complexity index is 1530. The van der Waals surface area contributed by atoms with Gasteiger partial charge in [0.05, 0.1) is 22.6 Å². The summed E-state index contributed by atoms with van der Waals surface area (Å²) in [6, 6.07) is 13.9. The molecule has 0 bridgehead atoms. The van der Waals surface area contributed by atoms with E-state index in [1.165, 1.54) is 75.6 Å². The van der Waals surface area contributed by atoms with E-state index in [-0.39, 0.29) is 29.9 Å². The maximum Gasteiger partial charge on any atom is 0.273 e. The van der Waals surface area contributed by atoms with Gasteiger partial charge in [0.15, 0.2) is 0 Å². The molecule has 11 nitrogen and oxygen atoms in total. The summed E-state index contributed by atoms with van der Waals surface area (Å²) in [5, 5.41) is 14.1. The Labute approximate surface area is 237 Å². The van der Waals surface area contributed by atoms with Gasteiger partial charge in [0.2, 0.25) is 11.8 Å². The maximum absolute atomic E-state index is 14.6. The Balaban J connectivity index is 2.10. The predicted octanol–water partition coefficient (Wildman–Crippen LogP) is 3.80. The molecule has 13 heteroatoms. The van der Waals surface area contributed by atoms with E-state index in [4.69, 9.17) is 4.74 Å². The highest BCUT2D eigenvalue weighted by Crippen LogP contribution is 2.29. The number of nitrogens with one attached hydrogen (secondary N) is 1. The van der Waals surface area contributed by atoms with Gasteiger partial charge in [-0.15, -0.1) is 0 Å². The zero-order chi connectivity index (χ0) is 30.3. The van der Waals surface area contributed by atoms with Gasteiger partial charge in [-0.2, -0.15) is 0 Å². The van der Waals surface area contributed by atoms with Crippen molar-refractivity contribution in [2.24, 2.45) is 0 Å². The maximum atomic E-state index is 14.6. The molecule has 0 aliphatic rings. The average Bonchev–Trinajstić information content (AvgIpc) is 2.95. The lowest BCUT2D eigenvalue weighted by atomic mass is 10.1. The zero-order valence-corrected chi connectivity index (χ0v) is 23.9. The highest BCUT2D eigenvalue weighted by Gasteiger charge is 2.33. The fourth-order valence-electron chi connectivity index (χ4n) is 4.07. The Morgan fingerprint density at radius 3 is 2.34 bits per heavy atom. The van der Waals surface area contributed by atoms with Gasteiger partial charge >= 0.3 is 0 Å². The second-order valence-electron chi connectivity index (χ2n) is 9.10. The number of ether oxygens (including phenoxy) is 1. The molecule has 0 aliphatic heterocycles. The van der Waals surface area contributed by atoms with E-state index >= 15 is 0 Å². The van der Waals surface area contributed by atoms with Gasteiger partial charge < -0.3 is 15.0 Å². The SMILES string of the molecule is CCNC(=O)C(C)N(Cc1ccccc1F)C(=O)CN(c1ccc(OC)cc1)S(=O)(=O)c1ccc(C)c([N+](=O)[O-])c1. The molecule has 3 aromatic carbocycles. The van der Waals surface area contributed by atoms with E-state index < -0.39 is 55.7 Å². The van der Waals surface area contributed by atoms with E-state index in [0.717, 1.165) is 15.3 Å². The third kappa shape index (κ3) is 7.17. The van der Waals surface area contributed by atoms with Crippen LogP contribution in [0.4, 0.5) is 15.8 Å². The molecule has 0 saturated carbocycles. The molecule has 2 amide bonds. The largest absolute Gasteiger partial charge is 0.497 e. The third-order valence-electron chi connectivity index (χ3n) is 6.42. The van der Waals surface area contributed by atoms with Crippen molar-refractivity contribution in [1.29, 1.82) is 0 Å². The number of benzene rings is 3. The molecule has 0 aromatic heterocycles. The van der Waals surface area contributed by atoms with Crippen LogP contribution in [0.2, 0.25) is 0 Å². The van der Waals surface area contributed by atoms with Crippen LogP contribution in [0.15, 0.2) is 71.6 Å². The summed E-state index contributed by atoms with van der Waals surface area (Å²) in [4.78, 5) is 38.1. The van der Waals surface area contributed by atoms with E-state index in [2.05, 4.69) is 5.32 Å². The monoisotopic (exact) mass is 586 g/mol. The second kappa shape index (κ2) is 13.2. The summed E-state index contributed by atoms with van der Waals surface area (Å²) >= 11 is 0. The lowest BCUT2D eigenvalue weighted by molar-refractivity contribution is -0.385. The number of nitro groups is 1. The summed E-state index contributed by atoms with van der Waals surface area (Å²) in [7, 11) is -3.11. The van der Waals surface area contributed by atoms with Crippen LogP contribution in [0.3, 0.4) is 0 Å². The number of carbonyl (C=O) groups excluding carboxylic acids is 2. The number of hydrogen-bond donors (Lipinski definition) is 1. The van der Waals surface area contributed by atoms with E-state index in [1.54, 1.807) is 13.0 Å². The van der Waals surface area contributed by atoms with Crippen molar-refractivity contribution in [1.82, 2.24) is 10.2 Å². The average molecular weight is 587 g/mol. The van der Waals surface area contributed by atoms with Gasteiger partial charge in [-0.3, -0.25) is 24.0 Å². The second-order valence-corrected chi connectivity index (χ2v) is 11.0. The topological polar surface area (TPSA) is 139 Å². The molecule has 0 fully saturated rings. The number of carbonyl (C=O) groups is 2. The summed E-state index contributed by atoms with van der Waals surface area (Å²) < 4.78 is 48.3. The van der Waals surface area contributed by atoms with Crippen LogP contribution in [-0.2, 0) is 26.2 Å². The lowest BCUT2D eigenvalue weighted by Gasteiger charge is -2.32. The van der Waals surface area contributed by atoms with Crippen LogP contribution in [0, 0.1) is 22.9 Å². The zero-order valence-electron chi connectivity index (χ0n) is 23.0. The Hall–Kier alpha value is -4.52. The van der Waals surface area contributed by atoms with Gasteiger partial charge in [-0.05, 0) is 57.2 Å². The number of sulfonamides is 1. The first kappa shape index (κ1) is 31.0. The molecule has 3 aromatic rings. The summed E-state index contributed by atoms with van der Waals surface area (Å²) in [5.74, 6) is -1.48. The third-order valence-corrected chi connectivity index (χ3v) is 8.19. The predicted molar refractivity (Wildman–Crippen MR) is 150 cm³/mol. The molecule has 0 heterocycles. The Morgan fingerprint density at radius 2 is 1.76 bits per heavy atom. The van der Waals surface area contributed by atoms with Crippen molar-refractivity contribution in [3.8, 4) is 5.75 Å². The first-order valence-electron chi connectivity index (χ1n) is 12.6. The first-order valence-corrected chi connectivity index (χ1v) is 14.1. The summed E-state index contributed by atoms with van der Waals surface area (Å²) in [5.41, 5.74) is 0.0508. The number of halogens is 1. The number of rotatable bonds is 12. The molecule has 218 valence electrons. The fraction of sp³-hybridized carbons (Fsp3) is 0.286. The number of likely N-dealkylation sites (N-methyl/N-ethyl adjacent to an activating group) is 1. The molecule has 0 radical (unpaired) electrons. The van der Waals surface area contributed by atoms with Crippen LogP contribution >= 0.6 is 0 Å². The Morgan fingerprint density at radius 1 is 1.10 bits per heavy atom. The molecule has 41 heavy (non-hydrogen) atoms. The molecular formula is C28H31FN4O7S. The van der Waals surface area contributed by atoms with Gasteiger partial charge in [-0.25, -0.2) is 12.8 Å². The van der Waals surface area contributed by atoms with Crippen molar-refractivity contribution in [2.45, 2.75) is 38.3 Å². The van der Waals surface area contributed by atoms with Crippen molar-refractivity contribution in [3.05, 3.63) is 93.8 Å². The molecule has 3 rings (SSSR count). The fourth-order valence-corrected chi connectivity index (χ4v) is 5.50. The van der Waals surface area contributed by atoms with Crippen LogP contribution in [0.1, 0.15) is 25.0 Å². The number of anilines is 1.